The molecule has 25 heavy (non-hydrogen) atoms. The number of rotatable bonds is 6. The Kier molecular flexibility index (Phi) is 5.22. The number of carbonyl (C=O) groups excluding carboxylic acids is 1. The number of nitrogens with one attached hydrogen (secondary N) is 2. The van der Waals surface area contributed by atoms with Gasteiger partial charge in [0.2, 0.25) is 5.56 Å². The maximum absolute atomic E-state index is 12.8. The SMILES string of the molecule is CC(C)CC(C)(CN)NC(=O)c1cc(=O)[nH]c2ccc([N+](=O)[O-])cc12. The molecule has 0 spiro atoms. The van der Waals surface area contributed by atoms with Crippen LogP contribution >= 0.6 is 0 Å². The summed E-state index contributed by atoms with van der Waals surface area (Å²) in [6.07, 6.45) is 0.663. The highest BCUT2D eigenvalue weighted by molar-refractivity contribution is 6.06. The lowest BCUT2D eigenvalue weighted by Crippen LogP contribution is -2.52. The largest absolute Gasteiger partial charge is 0.346 e. The third-order valence-corrected chi connectivity index (χ3v) is 4.01. The number of fused-ring (bicyclic) bond motifs is 1. The highest BCUT2D eigenvalue weighted by atomic mass is 16.6. The summed E-state index contributed by atoms with van der Waals surface area (Å²) >= 11 is 0. The first kappa shape index (κ1) is 18.6. The standard InChI is InChI=1S/C17H22N4O4/c1-10(2)8-17(3,9-18)20-16(23)13-7-15(22)19-14-5-4-11(21(24)25)6-12(13)14/h4-7,10H,8-9,18H2,1-3H3,(H,19,22)(H,20,23). The van der Waals surface area contributed by atoms with Crippen LogP contribution in [-0.4, -0.2) is 27.9 Å². The maximum atomic E-state index is 12.8. The van der Waals surface area contributed by atoms with Crippen molar-refractivity contribution in [1.82, 2.24) is 10.3 Å². The first-order valence-electron chi connectivity index (χ1n) is 7.99. The number of amides is 1. The molecule has 0 saturated heterocycles. The lowest BCUT2D eigenvalue weighted by Gasteiger charge is -2.31. The van der Waals surface area contributed by atoms with Gasteiger partial charge < -0.3 is 16.0 Å². The Hall–Kier alpha value is -2.74. The molecule has 1 amide bonds. The number of aromatic amines is 1. The van der Waals surface area contributed by atoms with Crippen LogP contribution in [0.4, 0.5) is 5.69 Å². The molecule has 0 aliphatic heterocycles. The van der Waals surface area contributed by atoms with Crippen molar-refractivity contribution in [2.75, 3.05) is 6.54 Å². The van der Waals surface area contributed by atoms with Crippen molar-refractivity contribution >= 4 is 22.5 Å². The van der Waals surface area contributed by atoms with Gasteiger partial charge in [0.15, 0.2) is 0 Å². The van der Waals surface area contributed by atoms with E-state index in [9.17, 15) is 19.7 Å². The Morgan fingerprint density at radius 1 is 1.40 bits per heavy atom. The molecule has 0 fully saturated rings. The van der Waals surface area contributed by atoms with Gasteiger partial charge in [-0.25, -0.2) is 0 Å². The average molecular weight is 346 g/mol. The van der Waals surface area contributed by atoms with Gasteiger partial charge in [0.05, 0.1) is 10.5 Å². The number of hydrogen-bond acceptors (Lipinski definition) is 5. The van der Waals surface area contributed by atoms with Gasteiger partial charge >= 0.3 is 0 Å². The van der Waals surface area contributed by atoms with Crippen LogP contribution in [0.2, 0.25) is 0 Å². The zero-order valence-electron chi connectivity index (χ0n) is 14.5. The quantitative estimate of drug-likeness (QED) is 0.543. The summed E-state index contributed by atoms with van der Waals surface area (Å²) in [6, 6.07) is 5.13. The topological polar surface area (TPSA) is 131 Å². The molecule has 1 unspecified atom stereocenters. The zero-order chi connectivity index (χ0) is 18.8. The number of nitro benzene ring substituents is 1. The second-order valence-corrected chi connectivity index (χ2v) is 6.85. The second-order valence-electron chi connectivity index (χ2n) is 6.85. The number of pyridine rings is 1. The summed E-state index contributed by atoms with van der Waals surface area (Å²) in [5.74, 6) is -0.170. The fourth-order valence-electron chi connectivity index (χ4n) is 2.97. The molecule has 4 N–H and O–H groups in total. The predicted molar refractivity (Wildman–Crippen MR) is 95.6 cm³/mol. The van der Waals surface area contributed by atoms with Crippen molar-refractivity contribution in [3.8, 4) is 0 Å². The average Bonchev–Trinajstić information content (AvgIpc) is 2.52. The fourth-order valence-corrected chi connectivity index (χ4v) is 2.97. The Morgan fingerprint density at radius 3 is 2.64 bits per heavy atom. The van der Waals surface area contributed by atoms with Crippen LogP contribution in [0, 0.1) is 16.0 Å². The van der Waals surface area contributed by atoms with Crippen molar-refractivity contribution in [3.05, 3.63) is 50.3 Å². The minimum atomic E-state index is -0.638. The number of benzene rings is 1. The molecule has 1 atom stereocenters. The molecule has 0 bridgehead atoms. The van der Waals surface area contributed by atoms with Crippen LogP contribution in [0.15, 0.2) is 29.1 Å². The number of aromatic nitrogens is 1. The molecule has 8 heteroatoms. The van der Waals surface area contributed by atoms with Crippen LogP contribution in [0.25, 0.3) is 10.9 Å². The van der Waals surface area contributed by atoms with Gasteiger partial charge in [-0.3, -0.25) is 19.7 Å². The summed E-state index contributed by atoms with van der Waals surface area (Å²) in [6.45, 7) is 6.11. The summed E-state index contributed by atoms with van der Waals surface area (Å²) in [5.41, 5.74) is 5.02. The van der Waals surface area contributed by atoms with Gasteiger partial charge in [-0.1, -0.05) is 13.8 Å². The molecule has 0 radical (unpaired) electrons. The molecule has 8 nitrogen and oxygen atoms in total. The molecule has 1 aromatic heterocycles. The Labute approximate surface area is 144 Å². The second kappa shape index (κ2) is 7.02. The first-order chi connectivity index (χ1) is 11.6. The molecule has 0 aliphatic rings. The first-order valence-corrected chi connectivity index (χ1v) is 7.99. The summed E-state index contributed by atoms with van der Waals surface area (Å²) in [5, 5.41) is 14.2. The van der Waals surface area contributed by atoms with E-state index in [-0.39, 0.29) is 17.8 Å². The number of nitrogens with two attached hydrogens (primary N) is 1. The van der Waals surface area contributed by atoms with E-state index in [1.165, 1.54) is 18.2 Å². The van der Waals surface area contributed by atoms with Gasteiger partial charge in [0, 0.05) is 41.2 Å². The Morgan fingerprint density at radius 2 is 2.08 bits per heavy atom. The van der Waals surface area contributed by atoms with E-state index in [1.807, 2.05) is 20.8 Å². The normalized spacial score (nSPS) is 13.6. The van der Waals surface area contributed by atoms with E-state index < -0.39 is 21.9 Å². The minimum Gasteiger partial charge on any atom is -0.346 e. The monoisotopic (exact) mass is 346 g/mol. The number of nitro groups is 1. The Balaban J connectivity index is 2.51. The molecule has 0 aliphatic carbocycles. The summed E-state index contributed by atoms with van der Waals surface area (Å²) < 4.78 is 0. The van der Waals surface area contributed by atoms with Crippen molar-refractivity contribution in [2.24, 2.45) is 11.7 Å². The van der Waals surface area contributed by atoms with Crippen LogP contribution in [0.3, 0.4) is 0 Å². The van der Waals surface area contributed by atoms with Crippen molar-refractivity contribution in [2.45, 2.75) is 32.7 Å². The number of nitrogens with zero attached hydrogens (tertiary/aromatic N) is 1. The smallest absolute Gasteiger partial charge is 0.270 e. The lowest BCUT2D eigenvalue weighted by atomic mass is 9.90. The third-order valence-electron chi connectivity index (χ3n) is 4.01. The number of carbonyl (C=O) groups is 1. The number of H-pyrrole nitrogens is 1. The van der Waals surface area contributed by atoms with Crippen LogP contribution in [0.5, 0.6) is 0 Å². The van der Waals surface area contributed by atoms with Crippen molar-refractivity contribution in [1.29, 1.82) is 0 Å². The van der Waals surface area contributed by atoms with Crippen LogP contribution < -0.4 is 16.6 Å². The highest BCUT2D eigenvalue weighted by Crippen LogP contribution is 2.23. The molecule has 2 rings (SSSR count). The van der Waals surface area contributed by atoms with Gasteiger partial charge in [0.1, 0.15) is 0 Å². The lowest BCUT2D eigenvalue weighted by molar-refractivity contribution is -0.384. The maximum Gasteiger partial charge on any atom is 0.270 e. The van der Waals surface area contributed by atoms with Gasteiger partial charge in [-0.2, -0.15) is 0 Å². The molecule has 0 saturated carbocycles. The van der Waals surface area contributed by atoms with E-state index in [0.29, 0.717) is 23.2 Å². The van der Waals surface area contributed by atoms with E-state index in [1.54, 1.807) is 0 Å². The van der Waals surface area contributed by atoms with E-state index in [0.717, 1.165) is 6.07 Å². The van der Waals surface area contributed by atoms with Gasteiger partial charge in [0.25, 0.3) is 11.6 Å². The Bertz CT molecular complexity index is 875. The molecule has 1 aromatic carbocycles. The zero-order valence-corrected chi connectivity index (χ0v) is 14.5. The molecular formula is C17H22N4O4. The summed E-state index contributed by atoms with van der Waals surface area (Å²) in [4.78, 5) is 37.6. The molecule has 1 heterocycles. The highest BCUT2D eigenvalue weighted by Gasteiger charge is 2.27. The van der Waals surface area contributed by atoms with E-state index >= 15 is 0 Å². The summed E-state index contributed by atoms with van der Waals surface area (Å²) in [7, 11) is 0. The minimum absolute atomic E-state index is 0.0888. The van der Waals surface area contributed by atoms with E-state index in [4.69, 9.17) is 5.73 Å². The molecule has 2 aromatic rings. The van der Waals surface area contributed by atoms with Crippen LogP contribution in [0.1, 0.15) is 37.6 Å². The van der Waals surface area contributed by atoms with Crippen molar-refractivity contribution < 1.29 is 9.72 Å². The van der Waals surface area contributed by atoms with Gasteiger partial charge in [-0.15, -0.1) is 0 Å². The number of hydrogen-bond donors (Lipinski definition) is 3. The molecular weight excluding hydrogens is 324 g/mol. The number of non-ortho nitro benzene ring substituents is 1. The predicted octanol–water partition coefficient (Wildman–Crippen LogP) is 1.93. The van der Waals surface area contributed by atoms with Gasteiger partial charge in [-0.05, 0) is 25.3 Å². The van der Waals surface area contributed by atoms with Crippen molar-refractivity contribution in [3.63, 3.8) is 0 Å². The fraction of sp³-hybridized carbons (Fsp3) is 0.412. The van der Waals surface area contributed by atoms with Crippen LogP contribution in [-0.2, 0) is 0 Å². The molecule has 134 valence electrons. The third kappa shape index (κ3) is 4.21. The van der Waals surface area contributed by atoms with E-state index in [2.05, 4.69) is 10.3 Å².